The Morgan fingerprint density at radius 1 is 1.48 bits per heavy atom. The SMILES string of the molecule is NC(CCSCCC(O)(c1ccsn1)C(F)(F)F)C(=O)O. The molecule has 2 atom stereocenters. The van der Waals surface area contributed by atoms with Gasteiger partial charge in [0.1, 0.15) is 6.04 Å². The Morgan fingerprint density at radius 2 is 2.14 bits per heavy atom. The van der Waals surface area contributed by atoms with Crippen molar-refractivity contribution in [2.24, 2.45) is 5.73 Å². The molecule has 0 fully saturated rings. The van der Waals surface area contributed by atoms with Gasteiger partial charge in [0.2, 0.25) is 5.60 Å². The Morgan fingerprint density at radius 3 is 2.62 bits per heavy atom. The zero-order valence-electron chi connectivity index (χ0n) is 10.8. The smallest absolute Gasteiger partial charge is 0.423 e. The summed E-state index contributed by atoms with van der Waals surface area (Å²) in [7, 11) is 0. The van der Waals surface area contributed by atoms with Gasteiger partial charge in [-0.25, -0.2) is 0 Å². The topological polar surface area (TPSA) is 96.4 Å². The maximum Gasteiger partial charge on any atom is 0.423 e. The maximum absolute atomic E-state index is 13.0. The van der Waals surface area contributed by atoms with E-state index >= 15 is 0 Å². The third-order valence-corrected chi connectivity index (χ3v) is 4.41. The summed E-state index contributed by atoms with van der Waals surface area (Å²) in [5.41, 5.74) is 1.89. The molecule has 0 amide bonds. The Hall–Kier alpha value is -0.840. The van der Waals surface area contributed by atoms with Gasteiger partial charge in [-0.2, -0.15) is 29.3 Å². The third-order valence-electron chi connectivity index (χ3n) is 2.83. The van der Waals surface area contributed by atoms with Crippen LogP contribution in [0.4, 0.5) is 13.2 Å². The zero-order valence-corrected chi connectivity index (χ0v) is 12.5. The summed E-state index contributed by atoms with van der Waals surface area (Å²) in [6.45, 7) is 0. The number of aliphatic hydroxyl groups is 1. The van der Waals surface area contributed by atoms with E-state index in [0.29, 0.717) is 5.75 Å². The molecule has 2 unspecified atom stereocenters. The lowest BCUT2D eigenvalue weighted by molar-refractivity contribution is -0.268. The van der Waals surface area contributed by atoms with Crippen molar-refractivity contribution >= 4 is 29.3 Å². The van der Waals surface area contributed by atoms with Crippen LogP contribution in [0.3, 0.4) is 0 Å². The van der Waals surface area contributed by atoms with E-state index in [-0.39, 0.29) is 12.2 Å². The standard InChI is InChI=1S/C11H15F3N2O3S2/c12-11(13,14)10(19,8-2-5-21-16-8)3-6-20-4-1-7(15)9(17)18/h2,5,7,19H,1,3-4,6,15H2,(H,17,18). The highest BCUT2D eigenvalue weighted by Crippen LogP contribution is 2.41. The van der Waals surface area contributed by atoms with E-state index in [4.69, 9.17) is 10.8 Å². The Labute approximate surface area is 127 Å². The number of carbonyl (C=O) groups is 1. The molecule has 120 valence electrons. The average molecular weight is 344 g/mol. The van der Waals surface area contributed by atoms with Crippen molar-refractivity contribution < 1.29 is 28.2 Å². The molecule has 0 aliphatic rings. The van der Waals surface area contributed by atoms with Crippen LogP contribution in [-0.2, 0) is 10.4 Å². The molecular formula is C11H15F3N2O3S2. The lowest BCUT2D eigenvalue weighted by Crippen LogP contribution is -2.43. The second-order valence-electron chi connectivity index (χ2n) is 4.34. The van der Waals surface area contributed by atoms with E-state index in [1.807, 2.05) is 0 Å². The summed E-state index contributed by atoms with van der Waals surface area (Å²) in [6, 6.07) is 0.112. The van der Waals surface area contributed by atoms with Crippen LogP contribution in [0, 0.1) is 0 Å². The molecule has 5 nitrogen and oxygen atoms in total. The number of carboxylic acids is 1. The van der Waals surface area contributed by atoms with E-state index in [2.05, 4.69) is 4.37 Å². The van der Waals surface area contributed by atoms with Gasteiger partial charge in [-0.05, 0) is 41.9 Å². The van der Waals surface area contributed by atoms with E-state index in [0.717, 1.165) is 29.4 Å². The molecule has 0 spiro atoms. The normalized spacial score (nSPS) is 16.4. The summed E-state index contributed by atoms with van der Waals surface area (Å²) in [5, 5.41) is 19.8. The lowest BCUT2D eigenvalue weighted by atomic mass is 9.96. The van der Waals surface area contributed by atoms with Crippen LogP contribution in [0.5, 0.6) is 0 Å². The fraction of sp³-hybridized carbons (Fsp3) is 0.636. The molecule has 1 rings (SSSR count). The van der Waals surface area contributed by atoms with Crippen molar-refractivity contribution in [1.82, 2.24) is 4.37 Å². The van der Waals surface area contributed by atoms with Crippen molar-refractivity contribution in [3.8, 4) is 0 Å². The monoisotopic (exact) mass is 344 g/mol. The predicted octanol–water partition coefficient (Wildman–Crippen LogP) is 1.82. The summed E-state index contributed by atoms with van der Waals surface area (Å²) in [6.07, 6.45) is -5.21. The van der Waals surface area contributed by atoms with Crippen LogP contribution in [0.25, 0.3) is 0 Å². The van der Waals surface area contributed by atoms with Crippen molar-refractivity contribution in [2.75, 3.05) is 11.5 Å². The van der Waals surface area contributed by atoms with Crippen LogP contribution < -0.4 is 5.73 Å². The number of alkyl halides is 3. The molecule has 1 aromatic heterocycles. The predicted molar refractivity (Wildman–Crippen MR) is 74.2 cm³/mol. The Bertz CT molecular complexity index is 456. The number of halogens is 3. The van der Waals surface area contributed by atoms with Gasteiger partial charge < -0.3 is 15.9 Å². The average Bonchev–Trinajstić information content (AvgIpc) is 2.90. The fourth-order valence-corrected chi connectivity index (χ4v) is 3.14. The van der Waals surface area contributed by atoms with Gasteiger partial charge in [-0.1, -0.05) is 0 Å². The number of rotatable bonds is 8. The third kappa shape index (κ3) is 4.83. The number of aromatic nitrogens is 1. The minimum atomic E-state index is -4.82. The largest absolute Gasteiger partial charge is 0.480 e. The molecule has 0 aliphatic carbocycles. The molecule has 1 aromatic rings. The number of aliphatic carboxylic acids is 1. The first-order valence-electron chi connectivity index (χ1n) is 5.94. The number of hydrogen-bond acceptors (Lipinski definition) is 6. The fourth-order valence-electron chi connectivity index (χ4n) is 1.50. The van der Waals surface area contributed by atoms with E-state index < -0.39 is 35.9 Å². The van der Waals surface area contributed by atoms with Crippen LogP contribution in [0.2, 0.25) is 0 Å². The number of thioether (sulfide) groups is 1. The summed E-state index contributed by atoms with van der Waals surface area (Å²) in [4.78, 5) is 10.5. The molecule has 1 heterocycles. The molecule has 10 heteroatoms. The minimum absolute atomic E-state index is 0.0138. The lowest BCUT2D eigenvalue weighted by Gasteiger charge is -2.28. The van der Waals surface area contributed by atoms with E-state index in [9.17, 15) is 23.1 Å². The van der Waals surface area contributed by atoms with Gasteiger partial charge in [0.25, 0.3) is 0 Å². The minimum Gasteiger partial charge on any atom is -0.480 e. The zero-order chi connectivity index (χ0) is 16.1. The molecule has 4 N–H and O–H groups in total. The van der Waals surface area contributed by atoms with Crippen molar-refractivity contribution in [2.45, 2.75) is 30.7 Å². The summed E-state index contributed by atoms with van der Waals surface area (Å²) >= 11 is 1.95. The van der Waals surface area contributed by atoms with Gasteiger partial charge in [0.15, 0.2) is 0 Å². The molecule has 0 saturated carbocycles. The highest BCUT2D eigenvalue weighted by Gasteiger charge is 2.55. The molecule has 0 aromatic carbocycles. The highest BCUT2D eigenvalue weighted by atomic mass is 32.2. The van der Waals surface area contributed by atoms with Gasteiger partial charge in [0, 0.05) is 5.38 Å². The van der Waals surface area contributed by atoms with Crippen molar-refractivity contribution in [3.05, 3.63) is 17.1 Å². The van der Waals surface area contributed by atoms with Gasteiger partial charge >= 0.3 is 12.1 Å². The van der Waals surface area contributed by atoms with Crippen molar-refractivity contribution in [1.29, 1.82) is 0 Å². The molecule has 0 radical (unpaired) electrons. The van der Waals surface area contributed by atoms with Crippen LogP contribution in [0.1, 0.15) is 18.5 Å². The van der Waals surface area contributed by atoms with Gasteiger partial charge in [-0.15, -0.1) is 0 Å². The van der Waals surface area contributed by atoms with Crippen LogP contribution in [-0.4, -0.2) is 44.3 Å². The van der Waals surface area contributed by atoms with Crippen LogP contribution >= 0.6 is 23.3 Å². The van der Waals surface area contributed by atoms with Gasteiger partial charge in [-0.3, -0.25) is 4.79 Å². The first-order valence-corrected chi connectivity index (χ1v) is 7.93. The summed E-state index contributed by atoms with van der Waals surface area (Å²) < 4.78 is 42.6. The Balaban J connectivity index is 2.51. The quantitative estimate of drug-likeness (QED) is 0.623. The number of carboxylic acid groups (broad SMARTS) is 1. The first kappa shape index (κ1) is 18.2. The molecule has 0 aliphatic heterocycles. The number of nitrogens with two attached hydrogens (primary N) is 1. The second kappa shape index (κ2) is 7.43. The van der Waals surface area contributed by atoms with E-state index in [1.54, 1.807) is 0 Å². The van der Waals surface area contributed by atoms with E-state index in [1.165, 1.54) is 5.38 Å². The maximum atomic E-state index is 13.0. The molecule has 0 saturated heterocycles. The van der Waals surface area contributed by atoms with Gasteiger partial charge in [0.05, 0.1) is 5.69 Å². The summed E-state index contributed by atoms with van der Waals surface area (Å²) in [5.74, 6) is -0.830. The molecule has 0 bridgehead atoms. The number of nitrogens with zero attached hydrogens (tertiary/aromatic N) is 1. The molecule has 21 heavy (non-hydrogen) atoms. The second-order valence-corrected chi connectivity index (χ2v) is 6.23. The first-order chi connectivity index (χ1) is 9.68. The van der Waals surface area contributed by atoms with Crippen LogP contribution in [0.15, 0.2) is 11.4 Å². The number of hydrogen-bond donors (Lipinski definition) is 3. The molecular weight excluding hydrogens is 329 g/mol. The Kier molecular flexibility index (Phi) is 6.44. The van der Waals surface area contributed by atoms with Crippen molar-refractivity contribution in [3.63, 3.8) is 0 Å². The highest BCUT2D eigenvalue weighted by molar-refractivity contribution is 7.99.